The Morgan fingerprint density at radius 3 is 2.24 bits per heavy atom. The molecule has 2 aliphatic heterocycles. The zero-order valence-electron chi connectivity index (χ0n) is 14.5. The molecular formula is C17H25N3O4S. The van der Waals surface area contributed by atoms with Gasteiger partial charge in [0, 0.05) is 58.0 Å². The molecular weight excluding hydrogens is 342 g/mol. The highest BCUT2D eigenvalue weighted by molar-refractivity contribution is 7.89. The summed E-state index contributed by atoms with van der Waals surface area (Å²) in [6.45, 7) is 4.08. The van der Waals surface area contributed by atoms with Gasteiger partial charge in [-0.25, -0.2) is 8.42 Å². The molecule has 0 bridgehead atoms. The zero-order valence-corrected chi connectivity index (χ0v) is 15.3. The lowest BCUT2D eigenvalue weighted by molar-refractivity contribution is 0.0229. The van der Waals surface area contributed by atoms with Crippen molar-refractivity contribution in [3.63, 3.8) is 0 Å². The highest BCUT2D eigenvalue weighted by Crippen LogP contribution is 2.21. The molecule has 2 saturated heterocycles. The van der Waals surface area contributed by atoms with Gasteiger partial charge in [0.2, 0.25) is 10.0 Å². The maximum absolute atomic E-state index is 12.8. The molecule has 25 heavy (non-hydrogen) atoms. The van der Waals surface area contributed by atoms with Gasteiger partial charge in [0.15, 0.2) is 0 Å². The number of carbonyl (C=O) groups is 1. The Bertz CT molecular complexity index is 691. The lowest BCUT2D eigenvalue weighted by Crippen LogP contribution is -2.52. The quantitative estimate of drug-likeness (QED) is 0.840. The van der Waals surface area contributed by atoms with Gasteiger partial charge in [0.1, 0.15) is 0 Å². The summed E-state index contributed by atoms with van der Waals surface area (Å²) in [5.41, 5.74) is 0.450. The molecule has 138 valence electrons. The van der Waals surface area contributed by atoms with Crippen LogP contribution in [0.5, 0.6) is 0 Å². The van der Waals surface area contributed by atoms with E-state index in [2.05, 4.69) is 10.2 Å². The smallest absolute Gasteiger partial charge is 0.251 e. The van der Waals surface area contributed by atoms with Gasteiger partial charge in [0.25, 0.3) is 5.91 Å². The highest BCUT2D eigenvalue weighted by atomic mass is 32.2. The Morgan fingerprint density at radius 2 is 1.68 bits per heavy atom. The summed E-state index contributed by atoms with van der Waals surface area (Å²) in [5, 5.41) is 2.53. The number of sulfonamides is 1. The largest absolute Gasteiger partial charge is 0.381 e. The zero-order chi connectivity index (χ0) is 17.9. The predicted molar refractivity (Wildman–Crippen MR) is 94.0 cm³/mol. The van der Waals surface area contributed by atoms with Crippen molar-refractivity contribution >= 4 is 15.9 Å². The molecule has 0 saturated carbocycles. The van der Waals surface area contributed by atoms with Crippen LogP contribution in [0.3, 0.4) is 0 Å². The molecule has 0 unspecified atom stereocenters. The van der Waals surface area contributed by atoms with Crippen molar-refractivity contribution in [2.75, 3.05) is 46.4 Å². The van der Waals surface area contributed by atoms with Crippen molar-refractivity contribution in [1.29, 1.82) is 0 Å². The third-order valence-corrected chi connectivity index (χ3v) is 6.87. The van der Waals surface area contributed by atoms with E-state index >= 15 is 0 Å². The Labute approximate surface area is 149 Å². The average Bonchev–Trinajstić information content (AvgIpc) is 2.68. The van der Waals surface area contributed by atoms with Gasteiger partial charge in [-0.1, -0.05) is 0 Å². The molecule has 1 aromatic rings. The lowest BCUT2D eigenvalue weighted by atomic mass is 10.1. The first-order valence-electron chi connectivity index (χ1n) is 8.66. The first-order chi connectivity index (χ1) is 12.0. The van der Waals surface area contributed by atoms with Crippen LogP contribution in [-0.4, -0.2) is 76.0 Å². The van der Waals surface area contributed by atoms with E-state index in [0.717, 1.165) is 39.1 Å². The second kappa shape index (κ2) is 7.82. The van der Waals surface area contributed by atoms with Gasteiger partial charge in [0.05, 0.1) is 4.90 Å². The molecule has 0 aliphatic carbocycles. The number of nitrogens with zero attached hydrogens (tertiary/aromatic N) is 2. The number of piperazine rings is 1. The Balaban J connectivity index is 1.64. The second-order valence-electron chi connectivity index (χ2n) is 6.39. The molecule has 2 heterocycles. The van der Waals surface area contributed by atoms with Gasteiger partial charge in [-0.05, 0) is 37.1 Å². The number of ether oxygens (including phenoxy) is 1. The van der Waals surface area contributed by atoms with Crippen LogP contribution >= 0.6 is 0 Å². The molecule has 1 aromatic carbocycles. The monoisotopic (exact) mass is 367 g/mol. The van der Waals surface area contributed by atoms with Crippen molar-refractivity contribution in [1.82, 2.24) is 14.5 Å². The number of hydrogen-bond donors (Lipinski definition) is 1. The van der Waals surface area contributed by atoms with Crippen LogP contribution in [0.1, 0.15) is 23.2 Å². The maximum atomic E-state index is 12.8. The van der Waals surface area contributed by atoms with Gasteiger partial charge in [-0.3, -0.25) is 9.69 Å². The van der Waals surface area contributed by atoms with E-state index < -0.39 is 10.0 Å². The summed E-state index contributed by atoms with van der Waals surface area (Å²) >= 11 is 0. The summed E-state index contributed by atoms with van der Waals surface area (Å²) in [4.78, 5) is 14.2. The Kier molecular flexibility index (Phi) is 5.73. The number of hydrogen-bond acceptors (Lipinski definition) is 5. The molecule has 3 rings (SSSR count). The molecule has 0 radical (unpaired) electrons. The molecule has 0 aromatic heterocycles. The molecule has 0 spiro atoms. The normalized spacial score (nSPS) is 21.2. The van der Waals surface area contributed by atoms with E-state index in [9.17, 15) is 13.2 Å². The van der Waals surface area contributed by atoms with Crippen LogP contribution < -0.4 is 5.32 Å². The lowest BCUT2D eigenvalue weighted by Gasteiger charge is -2.40. The van der Waals surface area contributed by atoms with E-state index in [1.165, 1.54) is 16.4 Å². The highest BCUT2D eigenvalue weighted by Gasteiger charge is 2.31. The fraction of sp³-hybridized carbons (Fsp3) is 0.588. The van der Waals surface area contributed by atoms with Gasteiger partial charge >= 0.3 is 0 Å². The molecule has 8 heteroatoms. The minimum absolute atomic E-state index is 0.228. The fourth-order valence-electron chi connectivity index (χ4n) is 3.43. The third kappa shape index (κ3) is 4.03. The summed E-state index contributed by atoms with van der Waals surface area (Å²) in [6, 6.07) is 6.61. The van der Waals surface area contributed by atoms with Crippen LogP contribution in [0, 0.1) is 0 Å². The van der Waals surface area contributed by atoms with Crippen molar-refractivity contribution in [3.8, 4) is 0 Å². The Morgan fingerprint density at radius 1 is 1.08 bits per heavy atom. The van der Waals surface area contributed by atoms with Crippen LogP contribution in [0.25, 0.3) is 0 Å². The number of benzene rings is 1. The van der Waals surface area contributed by atoms with Crippen LogP contribution in [0.2, 0.25) is 0 Å². The summed E-state index contributed by atoms with van der Waals surface area (Å²) in [7, 11) is -1.97. The van der Waals surface area contributed by atoms with Crippen molar-refractivity contribution < 1.29 is 17.9 Å². The molecule has 0 atom stereocenters. The SMILES string of the molecule is CNC(=O)c1ccc(S(=O)(=O)N2CCN(C3CCOCC3)CC2)cc1. The maximum Gasteiger partial charge on any atom is 0.251 e. The minimum atomic E-state index is -3.52. The minimum Gasteiger partial charge on any atom is -0.381 e. The molecule has 1 amide bonds. The average molecular weight is 367 g/mol. The second-order valence-corrected chi connectivity index (χ2v) is 8.33. The number of carbonyl (C=O) groups excluding carboxylic acids is 1. The first kappa shape index (κ1) is 18.3. The predicted octanol–water partition coefficient (Wildman–Crippen LogP) is 0.532. The van der Waals surface area contributed by atoms with Crippen LogP contribution in [-0.2, 0) is 14.8 Å². The van der Waals surface area contributed by atoms with Gasteiger partial charge in [-0.2, -0.15) is 4.31 Å². The van der Waals surface area contributed by atoms with E-state index in [4.69, 9.17) is 4.74 Å². The number of rotatable bonds is 4. The van der Waals surface area contributed by atoms with Crippen molar-refractivity contribution in [3.05, 3.63) is 29.8 Å². The third-order valence-electron chi connectivity index (χ3n) is 4.96. The van der Waals surface area contributed by atoms with Crippen LogP contribution in [0.4, 0.5) is 0 Å². The topological polar surface area (TPSA) is 79.0 Å². The molecule has 2 aliphatic rings. The van der Waals surface area contributed by atoms with Gasteiger partial charge in [-0.15, -0.1) is 0 Å². The van der Waals surface area contributed by atoms with Crippen molar-refractivity contribution in [2.24, 2.45) is 0 Å². The standard InChI is InChI=1S/C17H25N3O4S/c1-18-17(21)14-2-4-16(5-3-14)25(22,23)20-10-8-19(9-11-20)15-6-12-24-13-7-15/h2-5,15H,6-13H2,1H3,(H,18,21). The van der Waals surface area contributed by atoms with E-state index in [0.29, 0.717) is 24.7 Å². The first-order valence-corrected chi connectivity index (χ1v) is 10.1. The summed E-state index contributed by atoms with van der Waals surface area (Å²) < 4.78 is 32.6. The fourth-order valence-corrected chi connectivity index (χ4v) is 4.85. The van der Waals surface area contributed by atoms with E-state index in [1.807, 2.05) is 0 Å². The summed E-state index contributed by atoms with van der Waals surface area (Å²) in [5.74, 6) is -0.228. The van der Waals surface area contributed by atoms with Crippen molar-refractivity contribution in [2.45, 2.75) is 23.8 Å². The number of nitrogens with one attached hydrogen (secondary N) is 1. The Hall–Kier alpha value is -1.48. The molecule has 1 N–H and O–H groups in total. The number of amides is 1. The molecule has 2 fully saturated rings. The van der Waals surface area contributed by atoms with E-state index in [1.54, 1.807) is 19.2 Å². The molecule has 7 nitrogen and oxygen atoms in total. The van der Waals surface area contributed by atoms with Gasteiger partial charge < -0.3 is 10.1 Å². The van der Waals surface area contributed by atoms with Crippen LogP contribution in [0.15, 0.2) is 29.2 Å². The summed E-state index contributed by atoms with van der Waals surface area (Å²) in [6.07, 6.45) is 2.04. The van der Waals surface area contributed by atoms with E-state index in [-0.39, 0.29) is 10.8 Å².